The standard InChI is InChI=1S/C11H17NO3/c1-11(2,3)10(15)12-7-4-6(7)5-8(12)9(13)14/h6-8H,4-5H2,1-3H3,(H,13,14)/t6-,7-,8+/m1/s1. The largest absolute Gasteiger partial charge is 0.480 e. The molecule has 1 amide bonds. The van der Waals surface area contributed by atoms with Crippen molar-refractivity contribution in [3.63, 3.8) is 0 Å². The van der Waals surface area contributed by atoms with Gasteiger partial charge in [-0.05, 0) is 18.8 Å². The van der Waals surface area contributed by atoms with E-state index < -0.39 is 17.4 Å². The van der Waals surface area contributed by atoms with Crippen LogP contribution in [-0.2, 0) is 9.59 Å². The van der Waals surface area contributed by atoms with Gasteiger partial charge in [0.2, 0.25) is 5.91 Å². The van der Waals surface area contributed by atoms with E-state index in [9.17, 15) is 9.59 Å². The van der Waals surface area contributed by atoms with Crippen LogP contribution in [0.1, 0.15) is 33.6 Å². The Morgan fingerprint density at radius 3 is 2.33 bits per heavy atom. The lowest BCUT2D eigenvalue weighted by atomic mass is 9.94. The van der Waals surface area contributed by atoms with E-state index >= 15 is 0 Å². The van der Waals surface area contributed by atoms with Gasteiger partial charge in [0, 0.05) is 11.5 Å². The van der Waals surface area contributed by atoms with Crippen LogP contribution in [0.2, 0.25) is 0 Å². The van der Waals surface area contributed by atoms with Crippen LogP contribution in [0.4, 0.5) is 0 Å². The Morgan fingerprint density at radius 2 is 1.87 bits per heavy atom. The minimum Gasteiger partial charge on any atom is -0.480 e. The smallest absolute Gasteiger partial charge is 0.326 e. The SMILES string of the molecule is CC(C)(C)C(=O)N1[C@@H]2C[C@@H]2C[C@H]1C(=O)O. The van der Waals surface area contributed by atoms with Crippen molar-refractivity contribution in [1.82, 2.24) is 4.90 Å². The van der Waals surface area contributed by atoms with Crippen molar-refractivity contribution in [2.45, 2.75) is 45.7 Å². The first-order valence-corrected chi connectivity index (χ1v) is 5.38. The van der Waals surface area contributed by atoms with Crippen molar-refractivity contribution in [2.24, 2.45) is 11.3 Å². The Hall–Kier alpha value is -1.06. The van der Waals surface area contributed by atoms with E-state index in [1.807, 2.05) is 20.8 Å². The molecule has 15 heavy (non-hydrogen) atoms. The second-order valence-electron chi connectivity index (χ2n) is 5.62. The molecule has 1 N–H and O–H groups in total. The number of amides is 1. The predicted octanol–water partition coefficient (Wildman–Crippen LogP) is 1.11. The average Bonchev–Trinajstić information content (AvgIpc) is 2.75. The molecule has 1 saturated heterocycles. The van der Waals surface area contributed by atoms with Crippen LogP contribution in [0.5, 0.6) is 0 Å². The number of hydrogen-bond acceptors (Lipinski definition) is 2. The van der Waals surface area contributed by atoms with Gasteiger partial charge in [0.05, 0.1) is 0 Å². The lowest BCUT2D eigenvalue weighted by molar-refractivity contribution is -0.153. The predicted molar refractivity (Wildman–Crippen MR) is 54.2 cm³/mol. The van der Waals surface area contributed by atoms with Gasteiger partial charge in [-0.15, -0.1) is 0 Å². The van der Waals surface area contributed by atoms with Crippen molar-refractivity contribution in [3.8, 4) is 0 Å². The van der Waals surface area contributed by atoms with Gasteiger partial charge in [-0.1, -0.05) is 20.8 Å². The van der Waals surface area contributed by atoms with Crippen LogP contribution in [0.15, 0.2) is 0 Å². The van der Waals surface area contributed by atoms with Crippen LogP contribution >= 0.6 is 0 Å². The number of carboxylic acid groups (broad SMARTS) is 1. The fourth-order valence-corrected chi connectivity index (χ4v) is 2.36. The summed E-state index contributed by atoms with van der Waals surface area (Å²) in [6, 6.07) is -0.377. The molecule has 0 bridgehead atoms. The highest BCUT2D eigenvalue weighted by molar-refractivity contribution is 5.88. The second-order valence-corrected chi connectivity index (χ2v) is 5.62. The van der Waals surface area contributed by atoms with Crippen LogP contribution in [0, 0.1) is 11.3 Å². The second kappa shape index (κ2) is 2.97. The number of carbonyl (C=O) groups is 2. The van der Waals surface area contributed by atoms with Gasteiger partial charge >= 0.3 is 5.97 Å². The molecule has 2 aliphatic rings. The van der Waals surface area contributed by atoms with Gasteiger partial charge in [-0.3, -0.25) is 4.79 Å². The Bertz CT molecular complexity index is 318. The van der Waals surface area contributed by atoms with Crippen LogP contribution in [0.25, 0.3) is 0 Å². The summed E-state index contributed by atoms with van der Waals surface area (Å²) in [7, 11) is 0. The zero-order valence-electron chi connectivity index (χ0n) is 9.36. The maximum absolute atomic E-state index is 12.1. The van der Waals surface area contributed by atoms with Gasteiger partial charge in [0.25, 0.3) is 0 Å². The number of hydrogen-bond donors (Lipinski definition) is 1. The average molecular weight is 211 g/mol. The Balaban J connectivity index is 2.19. The van der Waals surface area contributed by atoms with Gasteiger partial charge < -0.3 is 10.0 Å². The highest BCUT2D eigenvalue weighted by Gasteiger charge is 2.57. The molecule has 0 aromatic carbocycles. The number of aliphatic carboxylic acids is 1. The molecule has 0 unspecified atom stereocenters. The third-order valence-corrected chi connectivity index (χ3v) is 3.27. The molecule has 0 aromatic heterocycles. The molecule has 2 rings (SSSR count). The highest BCUT2D eigenvalue weighted by atomic mass is 16.4. The topological polar surface area (TPSA) is 57.6 Å². The third kappa shape index (κ3) is 1.62. The lowest BCUT2D eigenvalue weighted by Crippen LogP contribution is -2.47. The van der Waals surface area contributed by atoms with E-state index in [4.69, 9.17) is 5.11 Å². The van der Waals surface area contributed by atoms with Gasteiger partial charge in [-0.2, -0.15) is 0 Å². The highest BCUT2D eigenvalue weighted by Crippen LogP contribution is 2.49. The molecule has 2 fully saturated rings. The first-order valence-electron chi connectivity index (χ1n) is 5.38. The Labute approximate surface area is 89.3 Å². The first-order chi connectivity index (χ1) is 6.82. The van der Waals surface area contributed by atoms with E-state index in [-0.39, 0.29) is 11.9 Å². The third-order valence-electron chi connectivity index (χ3n) is 3.27. The summed E-state index contributed by atoms with van der Waals surface area (Å²) in [5, 5.41) is 9.04. The summed E-state index contributed by atoms with van der Waals surface area (Å²) >= 11 is 0. The first kappa shape index (κ1) is 10.5. The molecular weight excluding hydrogens is 194 g/mol. The van der Waals surface area contributed by atoms with E-state index in [0.29, 0.717) is 12.3 Å². The van der Waals surface area contributed by atoms with E-state index in [2.05, 4.69) is 0 Å². The molecule has 1 aliphatic heterocycles. The van der Waals surface area contributed by atoms with Crippen molar-refractivity contribution in [2.75, 3.05) is 0 Å². The maximum Gasteiger partial charge on any atom is 0.326 e. The molecule has 1 saturated carbocycles. The number of piperidine rings is 1. The zero-order chi connectivity index (χ0) is 11.4. The molecule has 0 radical (unpaired) electrons. The lowest BCUT2D eigenvalue weighted by Gasteiger charge is -2.30. The number of fused-ring (bicyclic) bond motifs is 1. The van der Waals surface area contributed by atoms with Crippen LogP contribution < -0.4 is 0 Å². The fourth-order valence-electron chi connectivity index (χ4n) is 2.36. The molecule has 1 aliphatic carbocycles. The van der Waals surface area contributed by atoms with Crippen molar-refractivity contribution in [3.05, 3.63) is 0 Å². The molecule has 1 heterocycles. The monoisotopic (exact) mass is 211 g/mol. The quantitative estimate of drug-likeness (QED) is 0.706. The molecular formula is C11H17NO3. The summed E-state index contributed by atoms with van der Waals surface area (Å²) in [5.41, 5.74) is -0.481. The van der Waals surface area contributed by atoms with Crippen molar-refractivity contribution < 1.29 is 14.7 Å². The molecule has 0 spiro atoms. The maximum atomic E-state index is 12.1. The van der Waals surface area contributed by atoms with Crippen molar-refractivity contribution >= 4 is 11.9 Å². The number of carbonyl (C=O) groups excluding carboxylic acids is 1. The summed E-state index contributed by atoms with van der Waals surface area (Å²) in [5.74, 6) is -0.447. The molecule has 4 nitrogen and oxygen atoms in total. The minimum absolute atomic E-state index is 0.0279. The minimum atomic E-state index is -0.861. The van der Waals surface area contributed by atoms with Crippen molar-refractivity contribution in [1.29, 1.82) is 0 Å². The van der Waals surface area contributed by atoms with Gasteiger partial charge in [0.1, 0.15) is 6.04 Å². The van der Waals surface area contributed by atoms with Crippen LogP contribution in [0.3, 0.4) is 0 Å². The number of rotatable bonds is 1. The van der Waals surface area contributed by atoms with Gasteiger partial charge in [-0.25, -0.2) is 4.79 Å². The summed E-state index contributed by atoms with van der Waals surface area (Å²) in [6.07, 6.45) is 1.63. The summed E-state index contributed by atoms with van der Waals surface area (Å²) in [6.45, 7) is 5.51. The molecule has 0 aromatic rings. The fraction of sp³-hybridized carbons (Fsp3) is 0.818. The van der Waals surface area contributed by atoms with Gasteiger partial charge in [0.15, 0.2) is 0 Å². The summed E-state index contributed by atoms with van der Waals surface area (Å²) < 4.78 is 0. The Morgan fingerprint density at radius 1 is 1.27 bits per heavy atom. The number of carboxylic acids is 1. The molecule has 4 heteroatoms. The number of nitrogens with zero attached hydrogens (tertiary/aromatic N) is 1. The summed E-state index contributed by atoms with van der Waals surface area (Å²) in [4.78, 5) is 24.7. The van der Waals surface area contributed by atoms with Crippen LogP contribution in [-0.4, -0.2) is 34.0 Å². The zero-order valence-corrected chi connectivity index (χ0v) is 9.36. The normalized spacial score (nSPS) is 33.8. The molecule has 3 atom stereocenters. The van der Waals surface area contributed by atoms with E-state index in [0.717, 1.165) is 6.42 Å². The molecule has 84 valence electrons. The van der Waals surface area contributed by atoms with E-state index in [1.54, 1.807) is 4.90 Å². The Kier molecular flexibility index (Phi) is 2.07. The van der Waals surface area contributed by atoms with E-state index in [1.165, 1.54) is 0 Å². The number of likely N-dealkylation sites (tertiary alicyclic amines) is 1.